The third-order valence-corrected chi connectivity index (χ3v) is 7.49. The molecule has 2 heterocycles. The average molecular weight is 707 g/mol. The molecule has 1 aliphatic rings. The number of hydrogen-bond donors (Lipinski definition) is 0. The number of rotatable bonds is 18. The Morgan fingerprint density at radius 2 is 1.30 bits per heavy atom. The van der Waals surface area contributed by atoms with Gasteiger partial charge in [-0.25, -0.2) is 4.79 Å². The normalized spacial score (nSPS) is 20.0. The lowest BCUT2D eigenvalue weighted by Crippen LogP contribution is -2.63. The summed E-state index contributed by atoms with van der Waals surface area (Å²) in [6.45, 7) is 7.54. The van der Waals surface area contributed by atoms with E-state index in [-0.39, 0.29) is 16.7 Å². The number of esters is 5. The van der Waals surface area contributed by atoms with Crippen LogP contribution in [0.3, 0.4) is 0 Å². The molecule has 0 N–H and O–H groups in total. The lowest BCUT2D eigenvalue weighted by Gasteiger charge is -2.44. The van der Waals surface area contributed by atoms with Gasteiger partial charge in [-0.3, -0.25) is 24.0 Å². The van der Waals surface area contributed by atoms with Gasteiger partial charge >= 0.3 is 35.5 Å². The van der Waals surface area contributed by atoms with Crippen LogP contribution in [0.25, 0.3) is 11.0 Å². The number of fused-ring (bicyclic) bond motifs is 1. The molecule has 0 saturated carbocycles. The van der Waals surface area contributed by atoms with Crippen LogP contribution < -0.4 is 19.8 Å². The van der Waals surface area contributed by atoms with Crippen molar-refractivity contribution < 1.29 is 66.3 Å². The van der Waals surface area contributed by atoms with Gasteiger partial charge in [0.25, 0.3) is 5.75 Å². The quantitative estimate of drug-likeness (QED) is 0.0897. The highest BCUT2D eigenvalue weighted by Gasteiger charge is 2.53. The zero-order chi connectivity index (χ0) is 36.8. The molecular weight excluding hydrogens is 660 g/mol. The number of carbonyl (C=O) groups is 5. The highest BCUT2D eigenvalue weighted by molar-refractivity contribution is 5.87. The van der Waals surface area contributed by atoms with Crippen LogP contribution in [0.2, 0.25) is 0 Å². The number of hydrogen-bond acceptors (Lipinski definition) is 15. The SMILES string of the molecule is CCCCCCCCCCOc1ccc2c(O[C@H]3O[C@H](COC(C)=O)[C@@H](OC(C)=O)[C@H](OC(C)=O)[C@@H]3OC(C)=O)c(OC(C)=O)c(=O)oc2c1. The summed E-state index contributed by atoms with van der Waals surface area (Å²) < 4.78 is 50.1. The highest BCUT2D eigenvalue weighted by atomic mass is 16.7. The van der Waals surface area contributed by atoms with Gasteiger partial charge in [0.05, 0.1) is 12.0 Å². The Balaban J connectivity index is 1.99. The van der Waals surface area contributed by atoms with Gasteiger partial charge < -0.3 is 42.3 Å². The minimum Gasteiger partial charge on any atom is -0.493 e. The van der Waals surface area contributed by atoms with Crippen LogP contribution in [0.4, 0.5) is 0 Å². The van der Waals surface area contributed by atoms with Gasteiger partial charge in [0.2, 0.25) is 12.4 Å². The van der Waals surface area contributed by atoms with Gasteiger partial charge in [-0.15, -0.1) is 0 Å². The Hall–Kier alpha value is -4.66. The maximum Gasteiger partial charge on any atom is 0.383 e. The lowest BCUT2D eigenvalue weighted by atomic mass is 9.98. The predicted molar refractivity (Wildman–Crippen MR) is 174 cm³/mol. The van der Waals surface area contributed by atoms with Crippen molar-refractivity contribution in [1.82, 2.24) is 0 Å². The standard InChI is InChI=1S/C35H46O15/c1-7-8-9-10-11-12-13-14-17-42-25-15-16-26-27(18-25)48-34(41)32(46-23(5)39)29(26)50-35-33(47-24(6)40)31(45-22(4)38)30(44-21(3)37)28(49-35)19-43-20(2)36/h15-16,18,28,30-31,33,35H,7-14,17,19H2,1-6H3/t28-,30-,31+,33+,35-/m1/s1. The number of unbranched alkanes of at least 4 members (excludes halogenated alkanes) is 7. The van der Waals surface area contributed by atoms with Crippen molar-refractivity contribution in [2.75, 3.05) is 13.2 Å². The Labute approximate surface area is 289 Å². The zero-order valence-electron chi connectivity index (χ0n) is 29.3. The molecule has 1 aliphatic heterocycles. The topological polar surface area (TPSA) is 189 Å². The summed E-state index contributed by atoms with van der Waals surface area (Å²) >= 11 is 0. The molecule has 0 bridgehead atoms. The first-order valence-corrected chi connectivity index (χ1v) is 16.7. The molecule has 0 unspecified atom stereocenters. The molecule has 0 spiro atoms. The van der Waals surface area contributed by atoms with Gasteiger partial charge in [-0.1, -0.05) is 51.9 Å². The first-order chi connectivity index (χ1) is 23.8. The molecule has 2 aromatic rings. The molecule has 0 amide bonds. The summed E-state index contributed by atoms with van der Waals surface area (Å²) in [6.07, 6.45) is 1.40. The van der Waals surface area contributed by atoms with Crippen molar-refractivity contribution in [2.24, 2.45) is 0 Å². The van der Waals surface area contributed by atoms with Crippen molar-refractivity contribution >= 4 is 40.8 Å². The molecule has 1 aromatic heterocycles. The Kier molecular flexibility index (Phi) is 15.5. The molecule has 3 rings (SSSR count). The van der Waals surface area contributed by atoms with E-state index in [0.717, 1.165) is 53.9 Å². The monoisotopic (exact) mass is 706 g/mol. The zero-order valence-corrected chi connectivity index (χ0v) is 29.3. The van der Waals surface area contributed by atoms with Gasteiger partial charge in [-0.2, -0.15) is 0 Å². The Morgan fingerprint density at radius 1 is 0.700 bits per heavy atom. The van der Waals surface area contributed by atoms with Crippen LogP contribution in [0, 0.1) is 0 Å². The second kappa shape index (κ2) is 19.5. The second-order valence-corrected chi connectivity index (χ2v) is 11.8. The van der Waals surface area contributed by atoms with Crippen molar-refractivity contribution in [3.05, 3.63) is 28.6 Å². The van der Waals surface area contributed by atoms with E-state index in [1.165, 1.54) is 44.2 Å². The van der Waals surface area contributed by atoms with E-state index in [2.05, 4.69) is 6.92 Å². The molecular formula is C35H46O15. The van der Waals surface area contributed by atoms with Crippen LogP contribution in [0.5, 0.6) is 17.2 Å². The molecule has 0 radical (unpaired) electrons. The van der Waals surface area contributed by atoms with E-state index in [4.69, 9.17) is 42.3 Å². The fraction of sp³-hybridized carbons (Fsp3) is 0.600. The molecule has 0 aliphatic carbocycles. The molecule has 5 atom stereocenters. The molecule has 1 aromatic carbocycles. The van der Waals surface area contributed by atoms with Gasteiger partial charge in [0.15, 0.2) is 18.0 Å². The molecule has 15 nitrogen and oxygen atoms in total. The predicted octanol–water partition coefficient (Wildman–Crippen LogP) is 4.70. The van der Waals surface area contributed by atoms with Crippen molar-refractivity contribution in [2.45, 2.75) is 124 Å². The largest absolute Gasteiger partial charge is 0.493 e. The maximum atomic E-state index is 13.2. The Bertz CT molecular complexity index is 1550. The third-order valence-electron chi connectivity index (χ3n) is 7.49. The van der Waals surface area contributed by atoms with Crippen LogP contribution in [0.1, 0.15) is 92.9 Å². The first kappa shape index (κ1) is 39.8. The van der Waals surface area contributed by atoms with E-state index < -0.39 is 78.5 Å². The number of carbonyl (C=O) groups excluding carboxylic acids is 5. The van der Waals surface area contributed by atoms with E-state index in [0.29, 0.717) is 12.4 Å². The summed E-state index contributed by atoms with van der Waals surface area (Å²) in [4.78, 5) is 73.5. The summed E-state index contributed by atoms with van der Waals surface area (Å²) in [7, 11) is 0. The van der Waals surface area contributed by atoms with Crippen LogP contribution in [-0.2, 0) is 47.7 Å². The van der Waals surface area contributed by atoms with Crippen LogP contribution >= 0.6 is 0 Å². The van der Waals surface area contributed by atoms with Crippen molar-refractivity contribution in [3.63, 3.8) is 0 Å². The molecule has 276 valence electrons. The molecule has 1 fully saturated rings. The lowest BCUT2D eigenvalue weighted by molar-refractivity contribution is -0.288. The minimum atomic E-state index is -1.71. The van der Waals surface area contributed by atoms with Gasteiger partial charge in [-0.05, 0) is 18.6 Å². The molecule has 15 heteroatoms. The second-order valence-electron chi connectivity index (χ2n) is 11.8. The molecule has 50 heavy (non-hydrogen) atoms. The third kappa shape index (κ3) is 12.0. The Morgan fingerprint density at radius 3 is 1.90 bits per heavy atom. The van der Waals surface area contributed by atoms with Crippen LogP contribution in [-0.4, -0.2) is 73.8 Å². The van der Waals surface area contributed by atoms with E-state index in [1.807, 2.05) is 0 Å². The van der Waals surface area contributed by atoms with E-state index in [9.17, 15) is 28.8 Å². The summed E-state index contributed by atoms with van der Waals surface area (Å²) in [5.41, 5.74) is -1.09. The van der Waals surface area contributed by atoms with Gasteiger partial charge in [0, 0.05) is 40.7 Å². The first-order valence-electron chi connectivity index (χ1n) is 16.7. The van der Waals surface area contributed by atoms with Crippen molar-refractivity contribution in [3.8, 4) is 17.2 Å². The summed E-state index contributed by atoms with van der Waals surface area (Å²) in [5, 5.41) is 0.133. The summed E-state index contributed by atoms with van der Waals surface area (Å²) in [5.74, 6) is -4.69. The van der Waals surface area contributed by atoms with Crippen LogP contribution in [0.15, 0.2) is 27.4 Å². The fourth-order valence-corrected chi connectivity index (χ4v) is 5.40. The van der Waals surface area contributed by atoms with E-state index >= 15 is 0 Å². The summed E-state index contributed by atoms with van der Waals surface area (Å²) in [6, 6.07) is 4.58. The van der Waals surface area contributed by atoms with Crippen molar-refractivity contribution in [1.29, 1.82) is 0 Å². The highest BCUT2D eigenvalue weighted by Crippen LogP contribution is 2.38. The molecule has 1 saturated heterocycles. The van der Waals surface area contributed by atoms with Gasteiger partial charge in [0.1, 0.15) is 24.0 Å². The van der Waals surface area contributed by atoms with E-state index in [1.54, 1.807) is 6.07 Å². The number of benzene rings is 1. The fourth-order valence-electron chi connectivity index (χ4n) is 5.40. The minimum absolute atomic E-state index is 0.0000366. The number of ether oxygens (including phenoxy) is 8. The smallest absolute Gasteiger partial charge is 0.383 e. The average Bonchev–Trinajstić information content (AvgIpc) is 3.02. The maximum absolute atomic E-state index is 13.2.